The van der Waals surface area contributed by atoms with Crippen LogP contribution in [0.15, 0.2) is 41.3 Å². The second kappa shape index (κ2) is 5.26. The largest absolute Gasteiger partial charge is 0.383 e. The number of pyridine rings is 1. The van der Waals surface area contributed by atoms with Crippen molar-refractivity contribution in [1.82, 2.24) is 14.1 Å². The molecule has 1 aromatic carbocycles. The van der Waals surface area contributed by atoms with Crippen LogP contribution in [-0.2, 0) is 13.6 Å². The molecule has 120 valence electrons. The summed E-state index contributed by atoms with van der Waals surface area (Å²) in [5.74, 6) is 0.492. The second-order valence-electron chi connectivity index (χ2n) is 7.13. The Kier molecular flexibility index (Phi) is 3.51. The number of benzene rings is 1. The number of aromatic nitrogens is 3. The van der Waals surface area contributed by atoms with E-state index < -0.39 is 0 Å². The van der Waals surface area contributed by atoms with E-state index in [4.69, 9.17) is 5.73 Å². The smallest absolute Gasteiger partial charge is 0.328 e. The number of nitrogens with zero attached hydrogens (tertiary/aromatic N) is 3. The number of hydrogen-bond acceptors (Lipinski definition) is 3. The highest BCUT2D eigenvalue weighted by molar-refractivity contribution is 5.85. The van der Waals surface area contributed by atoms with Crippen LogP contribution in [0, 0.1) is 5.41 Å². The topological polar surface area (TPSA) is 65.8 Å². The van der Waals surface area contributed by atoms with Crippen molar-refractivity contribution in [1.29, 1.82) is 0 Å². The average molecular weight is 310 g/mol. The molecule has 5 heteroatoms. The van der Waals surface area contributed by atoms with E-state index in [1.165, 1.54) is 0 Å². The third-order valence-electron chi connectivity index (χ3n) is 3.93. The number of nitrogen functional groups attached to an aromatic ring is 1. The third kappa shape index (κ3) is 2.74. The van der Waals surface area contributed by atoms with Crippen molar-refractivity contribution in [2.45, 2.75) is 27.3 Å². The van der Waals surface area contributed by atoms with E-state index in [1.54, 1.807) is 17.8 Å². The van der Waals surface area contributed by atoms with Gasteiger partial charge in [-0.1, -0.05) is 26.8 Å². The summed E-state index contributed by atoms with van der Waals surface area (Å²) in [6.07, 6.45) is 1.67. The van der Waals surface area contributed by atoms with Crippen molar-refractivity contribution in [2.24, 2.45) is 12.5 Å². The molecule has 2 N–H and O–H groups in total. The molecule has 23 heavy (non-hydrogen) atoms. The molecular formula is C18H22N4O. The molecule has 2 aromatic heterocycles. The summed E-state index contributed by atoms with van der Waals surface area (Å²) in [6.45, 7) is 7.06. The van der Waals surface area contributed by atoms with Crippen LogP contribution < -0.4 is 11.4 Å². The number of fused-ring (bicyclic) bond motifs is 1. The number of anilines is 1. The van der Waals surface area contributed by atoms with Crippen LogP contribution in [0.4, 0.5) is 5.82 Å². The molecule has 0 aliphatic rings. The van der Waals surface area contributed by atoms with Gasteiger partial charge >= 0.3 is 5.69 Å². The van der Waals surface area contributed by atoms with Gasteiger partial charge in [-0.2, -0.15) is 0 Å². The Hall–Kier alpha value is -2.56. The van der Waals surface area contributed by atoms with Gasteiger partial charge in [-0.05, 0) is 35.2 Å². The number of rotatable bonds is 2. The fourth-order valence-electron chi connectivity index (χ4n) is 2.86. The molecule has 3 aromatic rings. The Balaban J connectivity index is 2.21. The summed E-state index contributed by atoms with van der Waals surface area (Å²) in [5, 5.41) is 0. The van der Waals surface area contributed by atoms with Gasteiger partial charge in [0.1, 0.15) is 5.82 Å². The predicted octanol–water partition coefficient (Wildman–Crippen LogP) is 3.03. The number of imidazole rings is 1. The Morgan fingerprint density at radius 1 is 1.17 bits per heavy atom. The summed E-state index contributed by atoms with van der Waals surface area (Å²) >= 11 is 0. The number of aryl methyl sites for hydroxylation is 1. The molecule has 0 amide bonds. The molecule has 0 unspecified atom stereocenters. The van der Waals surface area contributed by atoms with Crippen LogP contribution in [0.1, 0.15) is 20.8 Å². The maximum Gasteiger partial charge on any atom is 0.328 e. The maximum absolute atomic E-state index is 12.6. The lowest BCUT2D eigenvalue weighted by Crippen LogP contribution is -2.27. The van der Waals surface area contributed by atoms with Gasteiger partial charge in [-0.3, -0.25) is 9.13 Å². The molecule has 0 aliphatic heterocycles. The zero-order valence-corrected chi connectivity index (χ0v) is 14.0. The third-order valence-corrected chi connectivity index (χ3v) is 3.93. The Morgan fingerprint density at radius 2 is 1.91 bits per heavy atom. The van der Waals surface area contributed by atoms with Gasteiger partial charge in [0, 0.05) is 25.4 Å². The summed E-state index contributed by atoms with van der Waals surface area (Å²) in [6, 6.07) is 9.79. The first-order valence-corrected chi connectivity index (χ1v) is 7.68. The first kappa shape index (κ1) is 15.3. The van der Waals surface area contributed by atoms with Crippen molar-refractivity contribution in [3.8, 4) is 11.1 Å². The fraction of sp³-hybridized carbons (Fsp3) is 0.333. The molecule has 0 saturated carbocycles. The molecular weight excluding hydrogens is 288 g/mol. The molecule has 5 nitrogen and oxygen atoms in total. The van der Waals surface area contributed by atoms with Crippen LogP contribution in [0.2, 0.25) is 0 Å². The summed E-state index contributed by atoms with van der Waals surface area (Å²) < 4.78 is 3.53. The van der Waals surface area contributed by atoms with Gasteiger partial charge in [0.15, 0.2) is 0 Å². The van der Waals surface area contributed by atoms with Crippen molar-refractivity contribution in [3.63, 3.8) is 0 Å². The van der Waals surface area contributed by atoms with Crippen molar-refractivity contribution < 1.29 is 0 Å². The van der Waals surface area contributed by atoms with Crippen LogP contribution in [0.5, 0.6) is 0 Å². The summed E-state index contributed by atoms with van der Waals surface area (Å²) in [5.41, 5.74) is 9.70. The fourth-order valence-corrected chi connectivity index (χ4v) is 2.86. The van der Waals surface area contributed by atoms with Gasteiger partial charge in [0.05, 0.1) is 11.0 Å². The molecule has 0 fully saturated rings. The van der Waals surface area contributed by atoms with E-state index in [-0.39, 0.29) is 11.1 Å². The van der Waals surface area contributed by atoms with E-state index in [1.807, 2.05) is 34.9 Å². The van der Waals surface area contributed by atoms with E-state index >= 15 is 0 Å². The average Bonchev–Trinajstić information content (AvgIpc) is 2.71. The number of hydrogen-bond donors (Lipinski definition) is 1. The van der Waals surface area contributed by atoms with Gasteiger partial charge in [0.25, 0.3) is 0 Å². The van der Waals surface area contributed by atoms with E-state index in [9.17, 15) is 4.79 Å². The van der Waals surface area contributed by atoms with Crippen LogP contribution >= 0.6 is 0 Å². The minimum Gasteiger partial charge on any atom is -0.383 e. The molecule has 3 rings (SSSR count). The molecule has 0 saturated heterocycles. The lowest BCUT2D eigenvalue weighted by molar-refractivity contribution is 0.342. The molecule has 2 heterocycles. The SMILES string of the molecule is Cn1c(=O)n(CC(C)(C)C)c2ccc(-c3cccnc3N)cc21. The Morgan fingerprint density at radius 3 is 2.57 bits per heavy atom. The van der Waals surface area contributed by atoms with Gasteiger partial charge in [-0.25, -0.2) is 9.78 Å². The zero-order valence-electron chi connectivity index (χ0n) is 14.0. The molecule has 0 aliphatic carbocycles. The van der Waals surface area contributed by atoms with Crippen LogP contribution in [0.25, 0.3) is 22.2 Å². The molecule has 0 atom stereocenters. The zero-order chi connectivity index (χ0) is 16.8. The van der Waals surface area contributed by atoms with Crippen molar-refractivity contribution in [2.75, 3.05) is 5.73 Å². The van der Waals surface area contributed by atoms with Crippen LogP contribution in [0.3, 0.4) is 0 Å². The highest BCUT2D eigenvalue weighted by Gasteiger charge is 2.18. The minimum atomic E-state index is 0.00577. The summed E-state index contributed by atoms with van der Waals surface area (Å²) in [4.78, 5) is 16.7. The molecule has 0 radical (unpaired) electrons. The standard InChI is InChI=1S/C18H22N4O/c1-18(2,3)11-22-14-8-7-12(10-15(14)21(4)17(22)23)13-6-5-9-20-16(13)19/h5-10H,11H2,1-4H3,(H2,19,20). The lowest BCUT2D eigenvalue weighted by atomic mass is 9.97. The molecule has 0 bridgehead atoms. The van der Waals surface area contributed by atoms with E-state index in [0.29, 0.717) is 12.4 Å². The van der Waals surface area contributed by atoms with Gasteiger partial charge in [-0.15, -0.1) is 0 Å². The van der Waals surface area contributed by atoms with Gasteiger partial charge in [0.2, 0.25) is 0 Å². The Labute approximate surface area is 135 Å². The monoisotopic (exact) mass is 310 g/mol. The van der Waals surface area contributed by atoms with E-state index in [0.717, 1.165) is 22.2 Å². The Bertz CT molecular complexity index is 928. The quantitative estimate of drug-likeness (QED) is 0.791. The van der Waals surface area contributed by atoms with Gasteiger partial charge < -0.3 is 5.73 Å². The highest BCUT2D eigenvalue weighted by Crippen LogP contribution is 2.28. The predicted molar refractivity (Wildman–Crippen MR) is 94.3 cm³/mol. The molecule has 0 spiro atoms. The second-order valence-corrected chi connectivity index (χ2v) is 7.13. The van der Waals surface area contributed by atoms with E-state index in [2.05, 4.69) is 25.8 Å². The first-order chi connectivity index (χ1) is 10.8. The van der Waals surface area contributed by atoms with Crippen molar-refractivity contribution in [3.05, 3.63) is 47.0 Å². The normalized spacial score (nSPS) is 12.0. The minimum absolute atomic E-state index is 0.00577. The maximum atomic E-state index is 12.6. The highest BCUT2D eigenvalue weighted by atomic mass is 16.1. The first-order valence-electron chi connectivity index (χ1n) is 7.68. The summed E-state index contributed by atoms with van der Waals surface area (Å²) in [7, 11) is 1.81. The lowest BCUT2D eigenvalue weighted by Gasteiger charge is -2.18. The van der Waals surface area contributed by atoms with Crippen LogP contribution in [-0.4, -0.2) is 14.1 Å². The number of nitrogens with two attached hydrogens (primary N) is 1. The van der Waals surface area contributed by atoms with Crippen molar-refractivity contribution >= 4 is 16.9 Å².